The zero-order valence-electron chi connectivity index (χ0n) is 12.6. The molecule has 2 heterocycles. The fraction of sp³-hybridized carbons (Fsp3) is 0.625. The van der Waals surface area contributed by atoms with E-state index in [-0.39, 0.29) is 11.9 Å². The van der Waals surface area contributed by atoms with E-state index in [2.05, 4.69) is 11.8 Å². The molecule has 2 atom stereocenters. The van der Waals surface area contributed by atoms with Crippen LogP contribution >= 0.6 is 0 Å². The molecule has 5 nitrogen and oxygen atoms in total. The normalized spacial score (nSPS) is 23.0. The molecule has 2 unspecified atom stereocenters. The first-order chi connectivity index (χ1) is 10.1. The lowest BCUT2D eigenvalue weighted by molar-refractivity contribution is 0.1000. The first-order valence-corrected chi connectivity index (χ1v) is 7.89. The van der Waals surface area contributed by atoms with Gasteiger partial charge in [-0.25, -0.2) is 4.98 Å². The van der Waals surface area contributed by atoms with E-state index in [1.165, 1.54) is 5.56 Å². The van der Waals surface area contributed by atoms with Crippen molar-refractivity contribution in [2.45, 2.75) is 45.1 Å². The van der Waals surface area contributed by atoms with E-state index in [4.69, 9.17) is 16.5 Å². The molecule has 1 aromatic rings. The number of anilines is 1. The summed E-state index contributed by atoms with van der Waals surface area (Å²) in [6.07, 6.45) is 5.36. The molecule has 0 aromatic carbocycles. The Hall–Kier alpha value is -1.62. The minimum atomic E-state index is -0.380. The van der Waals surface area contributed by atoms with Crippen molar-refractivity contribution in [1.29, 1.82) is 0 Å². The van der Waals surface area contributed by atoms with Crippen LogP contribution in [0.1, 0.15) is 47.8 Å². The van der Waals surface area contributed by atoms with Crippen molar-refractivity contribution in [3.8, 4) is 0 Å². The zero-order chi connectivity index (χ0) is 15.0. The number of aromatic nitrogens is 1. The average Bonchev–Trinajstić information content (AvgIpc) is 2.93. The first kappa shape index (κ1) is 14.3. The van der Waals surface area contributed by atoms with Crippen molar-refractivity contribution in [3.63, 3.8) is 0 Å². The second-order valence-corrected chi connectivity index (χ2v) is 6.39. The van der Waals surface area contributed by atoms with E-state index in [1.807, 2.05) is 6.07 Å². The van der Waals surface area contributed by atoms with Gasteiger partial charge in [0.25, 0.3) is 5.91 Å². The van der Waals surface area contributed by atoms with Gasteiger partial charge >= 0.3 is 0 Å². The lowest BCUT2D eigenvalue weighted by Crippen LogP contribution is -2.43. The number of carbonyl (C=O) groups excluding carboxylic acids is 1. The van der Waals surface area contributed by atoms with E-state index in [0.717, 1.165) is 56.7 Å². The molecule has 1 aliphatic carbocycles. The molecule has 3 rings (SSSR count). The maximum Gasteiger partial charge on any atom is 0.252 e. The highest BCUT2D eigenvalue weighted by Crippen LogP contribution is 2.30. The number of aryl methyl sites for hydroxylation is 2. The molecular weight excluding hydrogens is 264 g/mol. The third kappa shape index (κ3) is 2.75. The van der Waals surface area contributed by atoms with Gasteiger partial charge in [0, 0.05) is 24.8 Å². The summed E-state index contributed by atoms with van der Waals surface area (Å²) in [6.45, 7) is 3.85. The van der Waals surface area contributed by atoms with Crippen LogP contribution in [0.5, 0.6) is 0 Å². The van der Waals surface area contributed by atoms with Gasteiger partial charge in [-0.3, -0.25) is 4.79 Å². The predicted molar refractivity (Wildman–Crippen MR) is 83.4 cm³/mol. The molecule has 2 aliphatic rings. The largest absolute Gasteiger partial charge is 0.365 e. The molecule has 4 N–H and O–H groups in total. The van der Waals surface area contributed by atoms with Crippen molar-refractivity contribution in [2.75, 3.05) is 18.0 Å². The molecule has 0 radical (unpaired) electrons. The Morgan fingerprint density at radius 3 is 2.95 bits per heavy atom. The Labute approximate surface area is 125 Å². The van der Waals surface area contributed by atoms with Crippen molar-refractivity contribution in [1.82, 2.24) is 4.98 Å². The summed E-state index contributed by atoms with van der Waals surface area (Å²) >= 11 is 0. The number of fused-ring (bicyclic) bond motifs is 1. The van der Waals surface area contributed by atoms with Crippen LogP contribution in [0.25, 0.3) is 0 Å². The van der Waals surface area contributed by atoms with Crippen LogP contribution in [0.15, 0.2) is 6.07 Å². The van der Waals surface area contributed by atoms with Crippen LogP contribution in [0.2, 0.25) is 0 Å². The molecule has 0 spiro atoms. The number of pyridine rings is 1. The van der Waals surface area contributed by atoms with Gasteiger partial charge < -0.3 is 16.4 Å². The van der Waals surface area contributed by atoms with E-state index in [1.54, 1.807) is 0 Å². The van der Waals surface area contributed by atoms with Gasteiger partial charge in [-0.05, 0) is 56.6 Å². The van der Waals surface area contributed by atoms with Gasteiger partial charge in [0.15, 0.2) is 0 Å². The van der Waals surface area contributed by atoms with Gasteiger partial charge in [-0.1, -0.05) is 0 Å². The van der Waals surface area contributed by atoms with Crippen molar-refractivity contribution < 1.29 is 4.79 Å². The lowest BCUT2D eigenvalue weighted by atomic mass is 9.92. The summed E-state index contributed by atoms with van der Waals surface area (Å²) in [5, 5.41) is 0. The SMILES string of the molecule is CC(N)C1CCCN(c2nc3c(cc2C(N)=O)CCC3)C1. The van der Waals surface area contributed by atoms with E-state index in [9.17, 15) is 4.79 Å². The number of primary amides is 1. The van der Waals surface area contributed by atoms with Gasteiger partial charge in [-0.2, -0.15) is 0 Å². The van der Waals surface area contributed by atoms with Gasteiger partial charge in [0.05, 0.1) is 5.56 Å². The minimum Gasteiger partial charge on any atom is -0.365 e. The maximum absolute atomic E-state index is 11.8. The highest BCUT2D eigenvalue weighted by atomic mass is 16.1. The summed E-state index contributed by atoms with van der Waals surface area (Å²) in [5.74, 6) is 0.846. The zero-order valence-corrected chi connectivity index (χ0v) is 12.6. The Morgan fingerprint density at radius 2 is 2.24 bits per heavy atom. The molecule has 1 saturated heterocycles. The summed E-state index contributed by atoms with van der Waals surface area (Å²) < 4.78 is 0. The Kier molecular flexibility index (Phi) is 3.85. The van der Waals surface area contributed by atoms with E-state index < -0.39 is 0 Å². The third-order valence-electron chi connectivity index (χ3n) is 4.80. The fourth-order valence-corrected chi connectivity index (χ4v) is 3.52. The number of piperidine rings is 1. The second-order valence-electron chi connectivity index (χ2n) is 6.39. The number of hydrogen-bond acceptors (Lipinski definition) is 4. The molecule has 21 heavy (non-hydrogen) atoms. The average molecular weight is 288 g/mol. The number of hydrogen-bond donors (Lipinski definition) is 2. The fourth-order valence-electron chi connectivity index (χ4n) is 3.52. The Balaban J connectivity index is 1.95. The van der Waals surface area contributed by atoms with Gasteiger partial charge in [-0.15, -0.1) is 0 Å². The van der Waals surface area contributed by atoms with Crippen molar-refractivity contribution in [2.24, 2.45) is 17.4 Å². The van der Waals surface area contributed by atoms with Crippen LogP contribution < -0.4 is 16.4 Å². The first-order valence-electron chi connectivity index (χ1n) is 7.89. The molecule has 1 aromatic heterocycles. The van der Waals surface area contributed by atoms with E-state index in [0.29, 0.717) is 11.5 Å². The summed E-state index contributed by atoms with van der Waals surface area (Å²) in [6, 6.07) is 2.13. The highest BCUT2D eigenvalue weighted by Gasteiger charge is 2.27. The van der Waals surface area contributed by atoms with E-state index >= 15 is 0 Å². The molecule has 1 aliphatic heterocycles. The van der Waals surface area contributed by atoms with Gasteiger partial charge in [0.2, 0.25) is 0 Å². The van der Waals surface area contributed by atoms with Crippen molar-refractivity contribution in [3.05, 3.63) is 22.9 Å². The monoisotopic (exact) mass is 288 g/mol. The van der Waals surface area contributed by atoms with Crippen LogP contribution in [-0.2, 0) is 12.8 Å². The summed E-state index contributed by atoms with van der Waals surface area (Å²) in [4.78, 5) is 18.8. The minimum absolute atomic E-state index is 0.166. The lowest BCUT2D eigenvalue weighted by Gasteiger charge is -2.36. The smallest absolute Gasteiger partial charge is 0.252 e. The second kappa shape index (κ2) is 5.64. The third-order valence-corrected chi connectivity index (χ3v) is 4.80. The molecule has 1 amide bonds. The number of amides is 1. The number of nitrogens with zero attached hydrogens (tertiary/aromatic N) is 2. The maximum atomic E-state index is 11.8. The Bertz CT molecular complexity index is 555. The molecule has 0 bridgehead atoms. The predicted octanol–water partition coefficient (Wildman–Crippen LogP) is 1.23. The molecule has 1 fully saturated rings. The summed E-state index contributed by atoms with van der Waals surface area (Å²) in [5.41, 5.74) is 14.5. The number of rotatable bonds is 3. The Morgan fingerprint density at radius 1 is 1.43 bits per heavy atom. The molecule has 5 heteroatoms. The highest BCUT2D eigenvalue weighted by molar-refractivity contribution is 5.98. The van der Waals surface area contributed by atoms with Gasteiger partial charge in [0.1, 0.15) is 5.82 Å². The van der Waals surface area contributed by atoms with Crippen LogP contribution in [0.4, 0.5) is 5.82 Å². The van der Waals surface area contributed by atoms with Crippen molar-refractivity contribution >= 4 is 11.7 Å². The number of carbonyl (C=O) groups is 1. The van der Waals surface area contributed by atoms with Crippen LogP contribution in [0.3, 0.4) is 0 Å². The molecule has 114 valence electrons. The quantitative estimate of drug-likeness (QED) is 0.876. The summed E-state index contributed by atoms with van der Waals surface area (Å²) in [7, 11) is 0. The topological polar surface area (TPSA) is 85.2 Å². The van der Waals surface area contributed by atoms with Crippen LogP contribution in [0, 0.1) is 5.92 Å². The molecule has 0 saturated carbocycles. The molecular formula is C16H24N4O. The number of nitrogens with two attached hydrogens (primary N) is 2. The van der Waals surface area contributed by atoms with Crippen LogP contribution in [-0.4, -0.2) is 30.0 Å². The standard InChI is InChI=1S/C16H24N4O/c1-10(17)12-5-3-7-20(9-12)16-13(15(18)21)8-11-4-2-6-14(11)19-16/h8,10,12H,2-7,9,17H2,1H3,(H2,18,21).